The normalized spacial score (nSPS) is 12.8. The second-order valence-corrected chi connectivity index (χ2v) is 10.0. The minimum atomic E-state index is -0.597. The lowest BCUT2D eigenvalue weighted by Gasteiger charge is -2.13. The molecule has 2 heterocycles. The molecule has 5 rings (SSSR count). The Labute approximate surface area is 237 Å². The highest BCUT2D eigenvalue weighted by atomic mass is 32.1. The van der Waals surface area contributed by atoms with E-state index >= 15 is 0 Å². The maximum atomic E-state index is 13.6. The lowest BCUT2D eigenvalue weighted by atomic mass is 10.1. The SMILES string of the molecule is CC(NC(=O)C(C#N)=c1sc(=Cc2ccc(-c3ccc([N+](=O)[O-])cc3)o2)c(=O)n1-c1ccccc1)c1ccccc1. The second kappa shape index (κ2) is 11.7. The highest BCUT2D eigenvalue weighted by Crippen LogP contribution is 2.24. The molecule has 0 bridgehead atoms. The van der Waals surface area contributed by atoms with Crippen LogP contribution >= 0.6 is 11.3 Å². The van der Waals surface area contributed by atoms with Crippen molar-refractivity contribution in [2.75, 3.05) is 0 Å². The Hall–Kier alpha value is -5.53. The van der Waals surface area contributed by atoms with Crippen molar-refractivity contribution >= 4 is 34.6 Å². The third-order valence-electron chi connectivity index (χ3n) is 6.30. The van der Waals surface area contributed by atoms with Crippen LogP contribution in [0, 0.1) is 21.4 Å². The van der Waals surface area contributed by atoms with Crippen LogP contribution in [0.15, 0.2) is 106 Å². The molecule has 0 aliphatic rings. The van der Waals surface area contributed by atoms with E-state index in [4.69, 9.17) is 4.42 Å². The van der Waals surface area contributed by atoms with Gasteiger partial charge >= 0.3 is 0 Å². The smallest absolute Gasteiger partial charge is 0.273 e. The first kappa shape index (κ1) is 27.1. The highest BCUT2D eigenvalue weighted by Gasteiger charge is 2.19. The maximum absolute atomic E-state index is 13.6. The summed E-state index contributed by atoms with van der Waals surface area (Å²) in [6, 6.07) is 29.1. The summed E-state index contributed by atoms with van der Waals surface area (Å²) < 4.78 is 7.70. The van der Waals surface area contributed by atoms with Gasteiger partial charge in [0.15, 0.2) is 5.57 Å². The fraction of sp³-hybridized carbons (Fsp3) is 0.0645. The summed E-state index contributed by atoms with van der Waals surface area (Å²) in [7, 11) is 0. The van der Waals surface area contributed by atoms with Gasteiger partial charge in [-0.25, -0.2) is 0 Å². The zero-order valence-corrected chi connectivity index (χ0v) is 22.5. The Balaban J connectivity index is 1.59. The van der Waals surface area contributed by atoms with Crippen molar-refractivity contribution in [1.29, 1.82) is 5.26 Å². The summed E-state index contributed by atoms with van der Waals surface area (Å²) in [5.41, 5.74) is 1.37. The molecule has 5 aromatic rings. The molecule has 3 aromatic carbocycles. The number of carbonyl (C=O) groups excluding carboxylic acids is 1. The van der Waals surface area contributed by atoms with E-state index in [0.717, 1.165) is 16.9 Å². The highest BCUT2D eigenvalue weighted by molar-refractivity contribution is 7.07. The van der Waals surface area contributed by atoms with E-state index in [9.17, 15) is 25.0 Å². The van der Waals surface area contributed by atoms with Gasteiger partial charge in [0, 0.05) is 23.8 Å². The van der Waals surface area contributed by atoms with Gasteiger partial charge in [-0.2, -0.15) is 5.26 Å². The molecule has 2 aromatic heterocycles. The predicted molar refractivity (Wildman–Crippen MR) is 156 cm³/mol. The fourth-order valence-electron chi connectivity index (χ4n) is 4.21. The van der Waals surface area contributed by atoms with E-state index in [1.165, 1.54) is 16.7 Å². The molecule has 41 heavy (non-hydrogen) atoms. The van der Waals surface area contributed by atoms with Crippen molar-refractivity contribution in [3.63, 3.8) is 0 Å². The van der Waals surface area contributed by atoms with Gasteiger partial charge in [-0.3, -0.25) is 24.3 Å². The molecule has 0 spiro atoms. The van der Waals surface area contributed by atoms with Gasteiger partial charge in [0.1, 0.15) is 22.3 Å². The Bertz CT molecular complexity index is 1950. The number of aromatic nitrogens is 1. The number of nitro benzene ring substituents is 1. The Kier molecular flexibility index (Phi) is 7.71. The van der Waals surface area contributed by atoms with Crippen LogP contribution in [-0.2, 0) is 4.79 Å². The minimum absolute atomic E-state index is 0.0357. The first-order chi connectivity index (χ1) is 19.9. The van der Waals surface area contributed by atoms with Crippen LogP contribution < -0.4 is 20.1 Å². The summed E-state index contributed by atoms with van der Waals surface area (Å²) >= 11 is 1.01. The van der Waals surface area contributed by atoms with Crippen LogP contribution in [0.1, 0.15) is 24.3 Å². The molecule has 9 nitrogen and oxygen atoms in total. The maximum Gasteiger partial charge on any atom is 0.273 e. The number of hydrogen-bond donors (Lipinski definition) is 1. The topological polar surface area (TPSA) is 131 Å². The van der Waals surface area contributed by atoms with Gasteiger partial charge in [0.2, 0.25) is 0 Å². The number of nitrogens with one attached hydrogen (secondary N) is 1. The molecule has 0 fully saturated rings. The molecule has 1 unspecified atom stereocenters. The number of amides is 1. The quantitative estimate of drug-likeness (QED) is 0.230. The zero-order chi connectivity index (χ0) is 28.9. The number of nitriles is 1. The molecule has 0 saturated carbocycles. The van der Waals surface area contributed by atoms with Crippen molar-refractivity contribution in [2.24, 2.45) is 0 Å². The van der Waals surface area contributed by atoms with Gasteiger partial charge in [-0.15, -0.1) is 11.3 Å². The van der Waals surface area contributed by atoms with Crippen molar-refractivity contribution in [1.82, 2.24) is 9.88 Å². The number of thiazole rings is 1. The Morgan fingerprint density at radius 1 is 1.02 bits per heavy atom. The molecule has 0 aliphatic carbocycles. The molecule has 10 heteroatoms. The average molecular weight is 563 g/mol. The van der Waals surface area contributed by atoms with Gasteiger partial charge < -0.3 is 9.73 Å². The number of hydrogen-bond acceptors (Lipinski definition) is 7. The van der Waals surface area contributed by atoms with E-state index in [1.807, 2.05) is 43.3 Å². The Morgan fingerprint density at radius 2 is 1.68 bits per heavy atom. The van der Waals surface area contributed by atoms with Gasteiger partial charge in [0.25, 0.3) is 17.2 Å². The summed E-state index contributed by atoms with van der Waals surface area (Å²) in [5, 5.41) is 23.9. The lowest BCUT2D eigenvalue weighted by molar-refractivity contribution is -0.384. The molecule has 0 radical (unpaired) electrons. The van der Waals surface area contributed by atoms with Crippen LogP contribution in [0.25, 0.3) is 28.7 Å². The Morgan fingerprint density at radius 3 is 2.32 bits per heavy atom. The average Bonchev–Trinajstić information content (AvgIpc) is 3.59. The van der Waals surface area contributed by atoms with Crippen LogP contribution in [0.3, 0.4) is 0 Å². The number of nitro groups is 1. The molecule has 0 saturated heterocycles. The second-order valence-electron chi connectivity index (χ2n) is 8.99. The molecule has 1 amide bonds. The summed E-state index contributed by atoms with van der Waals surface area (Å²) in [4.78, 5) is 37.4. The van der Waals surface area contributed by atoms with Crippen LogP contribution in [0.4, 0.5) is 5.69 Å². The largest absolute Gasteiger partial charge is 0.457 e. The number of nitrogens with zero attached hydrogens (tertiary/aromatic N) is 3. The molecular weight excluding hydrogens is 540 g/mol. The number of furan rings is 1. The number of non-ortho nitro benzene ring substituents is 1. The summed E-state index contributed by atoms with van der Waals surface area (Å²) in [6.07, 6.45) is 1.55. The van der Waals surface area contributed by atoms with Crippen molar-refractivity contribution in [2.45, 2.75) is 13.0 Å². The zero-order valence-electron chi connectivity index (χ0n) is 21.7. The van der Waals surface area contributed by atoms with Gasteiger partial charge in [0.05, 0.1) is 21.2 Å². The van der Waals surface area contributed by atoms with Crippen molar-refractivity contribution < 1.29 is 14.1 Å². The van der Waals surface area contributed by atoms with E-state index in [2.05, 4.69) is 5.32 Å². The molecule has 0 aliphatic heterocycles. The molecule has 1 N–H and O–H groups in total. The lowest BCUT2D eigenvalue weighted by Crippen LogP contribution is -2.34. The van der Waals surface area contributed by atoms with Crippen molar-refractivity contribution in [3.05, 3.63) is 138 Å². The van der Waals surface area contributed by atoms with Crippen LogP contribution in [-0.4, -0.2) is 15.4 Å². The number of para-hydroxylation sites is 1. The van der Waals surface area contributed by atoms with E-state index in [-0.39, 0.29) is 26.5 Å². The standard InChI is InChI=1S/C31H22N4O5S/c1-20(21-8-4-2-5-9-21)33-29(36)26(19-32)31-34(23-10-6-3-7-11-23)30(37)28(41-31)18-25-16-17-27(40-25)22-12-14-24(15-13-22)35(38)39/h2-18,20H,1H3,(H,33,36). The first-order valence-electron chi connectivity index (χ1n) is 12.5. The third kappa shape index (κ3) is 5.75. The summed E-state index contributed by atoms with van der Waals surface area (Å²) in [6.45, 7) is 1.82. The minimum Gasteiger partial charge on any atom is -0.457 e. The van der Waals surface area contributed by atoms with E-state index in [0.29, 0.717) is 22.8 Å². The molecular formula is C31H22N4O5S. The van der Waals surface area contributed by atoms with E-state index in [1.54, 1.807) is 60.7 Å². The number of carbonyl (C=O) groups is 1. The van der Waals surface area contributed by atoms with E-state index < -0.39 is 16.4 Å². The first-order valence-corrected chi connectivity index (χ1v) is 13.3. The molecule has 202 valence electrons. The van der Waals surface area contributed by atoms with Gasteiger partial charge in [-0.1, -0.05) is 48.5 Å². The van der Waals surface area contributed by atoms with Crippen LogP contribution in [0.5, 0.6) is 0 Å². The monoisotopic (exact) mass is 562 g/mol. The fourth-order valence-corrected chi connectivity index (χ4v) is 5.30. The summed E-state index contributed by atoms with van der Waals surface area (Å²) in [5.74, 6) is 0.230. The third-order valence-corrected chi connectivity index (χ3v) is 7.39. The number of benzene rings is 3. The predicted octanol–water partition coefficient (Wildman–Crippen LogP) is 4.45. The van der Waals surface area contributed by atoms with Gasteiger partial charge in [-0.05, 0) is 48.9 Å². The van der Waals surface area contributed by atoms with Crippen molar-refractivity contribution in [3.8, 4) is 23.1 Å². The molecule has 1 atom stereocenters. The van der Waals surface area contributed by atoms with Crippen LogP contribution in [0.2, 0.25) is 0 Å². The number of rotatable bonds is 7.